The van der Waals surface area contributed by atoms with Crippen LogP contribution in [0.4, 0.5) is 10.5 Å². The van der Waals surface area contributed by atoms with E-state index in [2.05, 4.69) is 10.3 Å². The lowest BCUT2D eigenvalue weighted by atomic mass is 9.89. The molecule has 0 bridgehead atoms. The molecule has 4 N–H and O–H groups in total. The first kappa shape index (κ1) is 26.5. The van der Waals surface area contributed by atoms with Crippen molar-refractivity contribution in [2.75, 3.05) is 4.90 Å². The van der Waals surface area contributed by atoms with Gasteiger partial charge in [0.25, 0.3) is 11.8 Å². The zero-order valence-corrected chi connectivity index (χ0v) is 22.5. The average molecular weight is 573 g/mol. The van der Waals surface area contributed by atoms with E-state index in [1.807, 2.05) is 30.3 Å². The van der Waals surface area contributed by atoms with Gasteiger partial charge in [-0.25, -0.2) is 14.5 Å². The second-order valence-electron chi connectivity index (χ2n) is 10.2. The van der Waals surface area contributed by atoms with Gasteiger partial charge in [-0.1, -0.05) is 54.1 Å². The van der Waals surface area contributed by atoms with E-state index in [0.717, 1.165) is 27.1 Å². The molecule has 2 aliphatic rings. The SMILES string of the molecule is C[C@H](O)[C@H](NC(=O)c1ccccc1N1C(=O)[C@@H]2Cc3c([nH]c4ccccc34)[C@H](c3cccc(Cl)c3)N2C1=O)C(=O)O. The number of aromatic nitrogens is 1. The second kappa shape index (κ2) is 10.1. The number of fused-ring (bicyclic) bond motifs is 4. The Labute approximate surface area is 239 Å². The van der Waals surface area contributed by atoms with Gasteiger partial charge in [0, 0.05) is 28.0 Å². The molecule has 0 unspecified atom stereocenters. The zero-order valence-electron chi connectivity index (χ0n) is 21.7. The van der Waals surface area contributed by atoms with Gasteiger partial charge >= 0.3 is 12.0 Å². The summed E-state index contributed by atoms with van der Waals surface area (Å²) >= 11 is 6.35. The monoisotopic (exact) mass is 572 g/mol. The maximum absolute atomic E-state index is 14.2. The van der Waals surface area contributed by atoms with Crippen LogP contribution in [0.25, 0.3) is 10.9 Å². The molecule has 0 radical (unpaired) electrons. The summed E-state index contributed by atoms with van der Waals surface area (Å²) in [4.78, 5) is 58.9. The molecule has 0 saturated carbocycles. The average Bonchev–Trinajstić information content (AvgIpc) is 3.44. The van der Waals surface area contributed by atoms with Gasteiger partial charge in [0.2, 0.25) is 0 Å². The van der Waals surface area contributed by atoms with Crippen molar-refractivity contribution in [3.05, 3.63) is 100 Å². The van der Waals surface area contributed by atoms with E-state index in [9.17, 15) is 29.4 Å². The van der Waals surface area contributed by atoms with E-state index < -0.39 is 48.0 Å². The number of aliphatic hydroxyl groups excluding tert-OH is 1. The van der Waals surface area contributed by atoms with Crippen molar-refractivity contribution in [3.8, 4) is 0 Å². The minimum atomic E-state index is -1.59. The number of rotatable bonds is 6. The zero-order chi connectivity index (χ0) is 29.0. The third kappa shape index (κ3) is 4.32. The summed E-state index contributed by atoms with van der Waals surface area (Å²) in [5.41, 5.74) is 3.23. The highest BCUT2D eigenvalue weighted by Crippen LogP contribution is 2.45. The summed E-state index contributed by atoms with van der Waals surface area (Å²) in [5, 5.41) is 23.0. The molecule has 3 aromatic carbocycles. The highest BCUT2D eigenvalue weighted by molar-refractivity contribution is 6.30. The van der Waals surface area contributed by atoms with Crippen LogP contribution >= 0.6 is 11.6 Å². The van der Waals surface area contributed by atoms with Crippen LogP contribution in [0, 0.1) is 0 Å². The number of aromatic amines is 1. The number of nitrogens with zero attached hydrogens (tertiary/aromatic N) is 2. The van der Waals surface area contributed by atoms with Gasteiger partial charge in [-0.15, -0.1) is 0 Å². The predicted molar refractivity (Wildman–Crippen MR) is 151 cm³/mol. The van der Waals surface area contributed by atoms with E-state index in [1.165, 1.54) is 24.0 Å². The van der Waals surface area contributed by atoms with Gasteiger partial charge in [-0.05, 0) is 48.4 Å². The number of para-hydroxylation sites is 2. The predicted octanol–water partition coefficient (Wildman–Crippen LogP) is 3.87. The smallest absolute Gasteiger partial charge is 0.332 e. The molecule has 0 spiro atoms. The number of carbonyl (C=O) groups is 4. The number of hydrogen-bond donors (Lipinski definition) is 4. The number of benzene rings is 3. The number of aliphatic hydroxyl groups is 1. The number of amides is 4. The van der Waals surface area contributed by atoms with Crippen LogP contribution < -0.4 is 10.2 Å². The number of carbonyl (C=O) groups excluding carboxylic acids is 3. The number of anilines is 1. The molecule has 3 heterocycles. The Morgan fingerprint density at radius 3 is 2.51 bits per heavy atom. The van der Waals surface area contributed by atoms with Gasteiger partial charge < -0.3 is 20.5 Å². The molecule has 10 nitrogen and oxygen atoms in total. The molecule has 6 rings (SSSR count). The lowest BCUT2D eigenvalue weighted by Gasteiger charge is -2.36. The van der Waals surface area contributed by atoms with Gasteiger partial charge in [0.15, 0.2) is 6.04 Å². The van der Waals surface area contributed by atoms with Crippen molar-refractivity contribution < 1.29 is 29.4 Å². The molecular formula is C30H25ClN4O6. The van der Waals surface area contributed by atoms with Crippen molar-refractivity contribution in [2.45, 2.75) is 37.6 Å². The van der Waals surface area contributed by atoms with Gasteiger partial charge in [0.1, 0.15) is 12.1 Å². The van der Waals surface area contributed by atoms with Crippen LogP contribution in [0.5, 0.6) is 0 Å². The number of H-pyrrole nitrogens is 1. The van der Waals surface area contributed by atoms with Crippen LogP contribution in [-0.4, -0.2) is 62.1 Å². The van der Waals surface area contributed by atoms with Crippen LogP contribution in [0.2, 0.25) is 5.02 Å². The minimum absolute atomic E-state index is 0.0162. The number of urea groups is 1. The summed E-state index contributed by atoms with van der Waals surface area (Å²) in [6.07, 6.45) is -1.12. The fourth-order valence-corrected chi connectivity index (χ4v) is 5.99. The molecule has 1 aromatic heterocycles. The van der Waals surface area contributed by atoms with Crippen LogP contribution in [0.15, 0.2) is 72.8 Å². The molecule has 4 aromatic rings. The Bertz CT molecular complexity index is 1730. The number of nitrogens with one attached hydrogen (secondary N) is 2. The number of halogens is 1. The molecule has 1 fully saturated rings. The molecule has 4 atom stereocenters. The Kier molecular flexibility index (Phi) is 6.51. The van der Waals surface area contributed by atoms with E-state index in [-0.39, 0.29) is 17.7 Å². The highest BCUT2D eigenvalue weighted by atomic mass is 35.5. The molecule has 2 aliphatic heterocycles. The molecule has 11 heteroatoms. The lowest BCUT2D eigenvalue weighted by molar-refractivity contribution is -0.141. The van der Waals surface area contributed by atoms with E-state index >= 15 is 0 Å². The first-order valence-electron chi connectivity index (χ1n) is 13.0. The molecule has 1 saturated heterocycles. The maximum atomic E-state index is 14.2. The second-order valence-corrected chi connectivity index (χ2v) is 10.6. The van der Waals surface area contributed by atoms with Gasteiger partial charge in [-0.3, -0.25) is 14.5 Å². The molecule has 208 valence electrons. The summed E-state index contributed by atoms with van der Waals surface area (Å²) < 4.78 is 0. The summed E-state index contributed by atoms with van der Waals surface area (Å²) in [6, 6.07) is 17.1. The Morgan fingerprint density at radius 2 is 1.78 bits per heavy atom. The van der Waals surface area contributed by atoms with Gasteiger partial charge in [-0.2, -0.15) is 0 Å². The van der Waals surface area contributed by atoms with E-state index in [4.69, 9.17) is 11.6 Å². The minimum Gasteiger partial charge on any atom is -0.480 e. The Balaban J connectivity index is 1.45. The summed E-state index contributed by atoms with van der Waals surface area (Å²) in [6.45, 7) is 1.24. The molecule has 41 heavy (non-hydrogen) atoms. The Hall–Kier alpha value is -4.67. The first-order chi connectivity index (χ1) is 19.7. The lowest BCUT2D eigenvalue weighted by Crippen LogP contribution is -2.48. The standard InChI is InChI=1S/C30H25ClN4O6/c1-15(36)24(29(39)40)33-27(37)19-10-3-5-12-22(19)35-28(38)23-14-20-18-9-2-4-11-21(18)32-25(20)26(34(23)30(35)41)16-7-6-8-17(31)13-16/h2-13,15,23-24,26,32,36H,14H2,1H3,(H,33,37)(H,39,40)/t15-,23-,24-,26-/m0/s1. The Morgan fingerprint density at radius 1 is 1.05 bits per heavy atom. The largest absolute Gasteiger partial charge is 0.480 e. The first-order valence-corrected chi connectivity index (χ1v) is 13.4. The van der Waals surface area contributed by atoms with Crippen molar-refractivity contribution in [1.82, 2.24) is 15.2 Å². The quantitative estimate of drug-likeness (QED) is 0.258. The fraction of sp³-hybridized carbons (Fsp3) is 0.200. The van der Waals surface area contributed by atoms with Crippen molar-refractivity contribution in [3.63, 3.8) is 0 Å². The van der Waals surface area contributed by atoms with Crippen LogP contribution in [0.3, 0.4) is 0 Å². The third-order valence-electron chi connectivity index (χ3n) is 7.64. The van der Waals surface area contributed by atoms with E-state index in [0.29, 0.717) is 10.6 Å². The maximum Gasteiger partial charge on any atom is 0.332 e. The summed E-state index contributed by atoms with van der Waals surface area (Å²) in [5.74, 6) is -2.78. The normalized spacial score (nSPS) is 19.6. The van der Waals surface area contributed by atoms with Crippen molar-refractivity contribution in [2.24, 2.45) is 0 Å². The van der Waals surface area contributed by atoms with Crippen molar-refractivity contribution in [1.29, 1.82) is 0 Å². The van der Waals surface area contributed by atoms with Crippen LogP contribution in [0.1, 0.15) is 40.1 Å². The number of aliphatic carboxylic acids is 1. The summed E-state index contributed by atoms with van der Waals surface area (Å²) in [7, 11) is 0. The number of carboxylic acid groups (broad SMARTS) is 1. The highest BCUT2D eigenvalue weighted by Gasteiger charge is 2.53. The molecular weight excluding hydrogens is 548 g/mol. The number of carboxylic acids is 1. The molecule has 0 aliphatic carbocycles. The molecule has 4 amide bonds. The number of imide groups is 1. The third-order valence-corrected chi connectivity index (χ3v) is 7.87. The van der Waals surface area contributed by atoms with Crippen molar-refractivity contribution >= 4 is 52.0 Å². The number of hydrogen-bond acceptors (Lipinski definition) is 5. The van der Waals surface area contributed by atoms with Gasteiger partial charge in [0.05, 0.1) is 17.4 Å². The fourth-order valence-electron chi connectivity index (χ4n) is 5.79. The van der Waals surface area contributed by atoms with E-state index in [1.54, 1.807) is 30.3 Å². The topological polar surface area (TPSA) is 143 Å². The van der Waals surface area contributed by atoms with Crippen LogP contribution in [-0.2, 0) is 16.0 Å².